The van der Waals surface area contributed by atoms with Crippen molar-refractivity contribution in [1.29, 1.82) is 10.5 Å². The molecule has 1 aromatic heterocycles. The number of aryl methyl sites for hydroxylation is 1. The maximum atomic E-state index is 13.5. The third-order valence-corrected chi connectivity index (χ3v) is 4.46. The predicted molar refractivity (Wildman–Crippen MR) is 93.2 cm³/mol. The highest BCUT2D eigenvalue weighted by atomic mass is 32.2. The van der Waals surface area contributed by atoms with Crippen LogP contribution < -0.4 is 11.1 Å². The summed E-state index contributed by atoms with van der Waals surface area (Å²) in [4.78, 5) is 16.3. The molecule has 1 amide bonds. The summed E-state index contributed by atoms with van der Waals surface area (Å²) in [6.45, 7) is 3.26. The van der Waals surface area contributed by atoms with Gasteiger partial charge in [-0.3, -0.25) is 4.79 Å². The molecule has 126 valence electrons. The number of thioether (sulfide) groups is 1. The first kappa shape index (κ1) is 18.2. The van der Waals surface area contributed by atoms with Crippen molar-refractivity contribution in [3.05, 3.63) is 46.8 Å². The van der Waals surface area contributed by atoms with Gasteiger partial charge in [0.15, 0.2) is 0 Å². The monoisotopic (exact) mass is 355 g/mol. The predicted octanol–water partition coefficient (Wildman–Crippen LogP) is 2.97. The average molecular weight is 355 g/mol. The van der Waals surface area contributed by atoms with Crippen molar-refractivity contribution in [3.8, 4) is 12.1 Å². The quantitative estimate of drug-likeness (QED) is 0.815. The number of nitriles is 2. The van der Waals surface area contributed by atoms with Crippen molar-refractivity contribution in [2.45, 2.75) is 24.1 Å². The molecule has 1 aromatic carbocycles. The second-order valence-electron chi connectivity index (χ2n) is 5.21. The molecule has 1 heterocycles. The highest BCUT2D eigenvalue weighted by Gasteiger charge is 2.19. The lowest BCUT2D eigenvalue weighted by Gasteiger charge is -2.13. The van der Waals surface area contributed by atoms with E-state index in [2.05, 4.69) is 10.3 Å². The Balaban J connectivity index is 2.16. The van der Waals surface area contributed by atoms with E-state index in [-0.39, 0.29) is 27.9 Å². The molecule has 3 N–H and O–H groups in total. The average Bonchev–Trinajstić information content (AvgIpc) is 2.58. The molecular weight excluding hydrogens is 341 g/mol. The molecule has 0 saturated heterocycles. The number of rotatable bonds is 4. The van der Waals surface area contributed by atoms with Crippen LogP contribution in [0.15, 0.2) is 29.3 Å². The topological polar surface area (TPSA) is 116 Å². The highest BCUT2D eigenvalue weighted by Crippen LogP contribution is 2.28. The van der Waals surface area contributed by atoms with Crippen molar-refractivity contribution in [1.82, 2.24) is 4.98 Å². The van der Waals surface area contributed by atoms with E-state index in [1.807, 2.05) is 12.1 Å². The van der Waals surface area contributed by atoms with Gasteiger partial charge in [0.1, 0.15) is 28.8 Å². The number of halogens is 1. The molecule has 0 aliphatic carbocycles. The van der Waals surface area contributed by atoms with Gasteiger partial charge in [-0.2, -0.15) is 10.5 Å². The smallest absolute Gasteiger partial charge is 0.237 e. The van der Waals surface area contributed by atoms with Crippen LogP contribution >= 0.6 is 11.8 Å². The summed E-state index contributed by atoms with van der Waals surface area (Å²) in [5, 5.41) is 20.4. The van der Waals surface area contributed by atoms with E-state index < -0.39 is 11.1 Å². The Kier molecular flexibility index (Phi) is 5.58. The molecule has 2 aromatic rings. The van der Waals surface area contributed by atoms with E-state index in [4.69, 9.17) is 11.0 Å². The fourth-order valence-electron chi connectivity index (χ4n) is 1.90. The molecule has 0 radical (unpaired) electrons. The van der Waals surface area contributed by atoms with Gasteiger partial charge in [-0.1, -0.05) is 17.8 Å². The Morgan fingerprint density at radius 2 is 2.00 bits per heavy atom. The Morgan fingerprint density at radius 1 is 1.32 bits per heavy atom. The number of aromatic nitrogens is 1. The lowest BCUT2D eigenvalue weighted by Crippen LogP contribution is -2.22. The fourth-order valence-corrected chi connectivity index (χ4v) is 2.79. The summed E-state index contributed by atoms with van der Waals surface area (Å²) in [6.07, 6.45) is 0. The molecule has 1 atom stereocenters. The minimum absolute atomic E-state index is 0.00258. The Morgan fingerprint density at radius 3 is 2.60 bits per heavy atom. The van der Waals surface area contributed by atoms with Crippen LogP contribution in [0.4, 0.5) is 15.9 Å². The van der Waals surface area contributed by atoms with Crippen LogP contribution in [0.1, 0.15) is 23.6 Å². The Bertz CT molecular complexity index is 916. The first-order chi connectivity index (χ1) is 11.8. The molecule has 6 nitrogen and oxygen atoms in total. The summed E-state index contributed by atoms with van der Waals surface area (Å²) >= 11 is 1.03. The van der Waals surface area contributed by atoms with E-state index in [1.165, 1.54) is 12.1 Å². The van der Waals surface area contributed by atoms with Gasteiger partial charge < -0.3 is 11.1 Å². The molecule has 0 saturated carbocycles. The summed E-state index contributed by atoms with van der Waals surface area (Å²) in [5.41, 5.74) is 6.76. The van der Waals surface area contributed by atoms with Gasteiger partial charge in [0.2, 0.25) is 5.91 Å². The van der Waals surface area contributed by atoms with Gasteiger partial charge in [0.25, 0.3) is 0 Å². The fraction of sp³-hybridized carbons (Fsp3) is 0.176. The van der Waals surface area contributed by atoms with Crippen molar-refractivity contribution in [2.75, 3.05) is 11.1 Å². The third kappa shape index (κ3) is 4.25. The van der Waals surface area contributed by atoms with Crippen LogP contribution in [0.25, 0.3) is 0 Å². The summed E-state index contributed by atoms with van der Waals surface area (Å²) < 4.78 is 13.5. The molecule has 2 rings (SSSR count). The number of hydrogen-bond acceptors (Lipinski definition) is 6. The van der Waals surface area contributed by atoms with E-state index in [0.717, 1.165) is 11.8 Å². The zero-order valence-electron chi connectivity index (χ0n) is 13.5. The number of nitrogens with one attached hydrogen (secondary N) is 1. The number of anilines is 2. The number of amides is 1. The number of pyridine rings is 1. The molecule has 0 fully saturated rings. The van der Waals surface area contributed by atoms with E-state index in [0.29, 0.717) is 11.3 Å². The first-order valence-corrected chi connectivity index (χ1v) is 8.08. The lowest BCUT2D eigenvalue weighted by atomic mass is 10.2. The van der Waals surface area contributed by atoms with Crippen LogP contribution in [-0.2, 0) is 4.79 Å². The number of nitrogens with zero attached hydrogens (tertiary/aromatic N) is 3. The molecule has 0 spiro atoms. The normalized spacial score (nSPS) is 11.2. The molecular formula is C17H14FN5OS. The molecule has 8 heteroatoms. The third-order valence-electron chi connectivity index (χ3n) is 3.35. The summed E-state index contributed by atoms with van der Waals surface area (Å²) in [5.74, 6) is -0.787. The van der Waals surface area contributed by atoms with Gasteiger partial charge in [-0.05, 0) is 37.6 Å². The maximum absolute atomic E-state index is 13.5. The Labute approximate surface area is 148 Å². The minimum Gasteiger partial charge on any atom is -0.383 e. The lowest BCUT2D eigenvalue weighted by molar-refractivity contribution is -0.115. The van der Waals surface area contributed by atoms with Gasteiger partial charge in [0.05, 0.1) is 16.4 Å². The van der Waals surface area contributed by atoms with Crippen LogP contribution in [0.3, 0.4) is 0 Å². The summed E-state index contributed by atoms with van der Waals surface area (Å²) in [6, 6.07) is 9.54. The zero-order valence-corrected chi connectivity index (χ0v) is 14.3. The molecule has 0 aliphatic heterocycles. The number of hydrogen-bond donors (Lipinski definition) is 2. The Hall–Kier alpha value is -3.10. The van der Waals surface area contributed by atoms with Crippen LogP contribution in [0.2, 0.25) is 0 Å². The number of carbonyl (C=O) groups excluding carboxylic acids is 1. The molecule has 25 heavy (non-hydrogen) atoms. The highest BCUT2D eigenvalue weighted by molar-refractivity contribution is 8.00. The van der Waals surface area contributed by atoms with E-state index >= 15 is 0 Å². The second kappa shape index (κ2) is 7.65. The molecule has 0 aliphatic rings. The SMILES string of the molecule is Cc1ccc(NC(=O)C(C)Sc2nc(N)c(C#N)cc2C#N)cc1F. The van der Waals surface area contributed by atoms with Crippen molar-refractivity contribution >= 4 is 29.2 Å². The van der Waals surface area contributed by atoms with Crippen LogP contribution in [0, 0.1) is 35.4 Å². The number of nitrogen functional groups attached to an aromatic ring is 1. The van der Waals surface area contributed by atoms with Crippen molar-refractivity contribution < 1.29 is 9.18 Å². The maximum Gasteiger partial charge on any atom is 0.237 e. The van der Waals surface area contributed by atoms with Crippen LogP contribution in [-0.4, -0.2) is 16.1 Å². The zero-order chi connectivity index (χ0) is 18.6. The first-order valence-electron chi connectivity index (χ1n) is 7.20. The van der Waals surface area contributed by atoms with Crippen molar-refractivity contribution in [3.63, 3.8) is 0 Å². The second-order valence-corrected chi connectivity index (χ2v) is 6.54. The largest absolute Gasteiger partial charge is 0.383 e. The van der Waals surface area contributed by atoms with E-state index in [9.17, 15) is 14.4 Å². The van der Waals surface area contributed by atoms with Crippen molar-refractivity contribution in [2.24, 2.45) is 0 Å². The molecule has 0 bridgehead atoms. The van der Waals surface area contributed by atoms with Gasteiger partial charge in [-0.25, -0.2) is 9.37 Å². The van der Waals surface area contributed by atoms with Gasteiger partial charge in [-0.15, -0.1) is 0 Å². The minimum atomic E-state index is -0.615. The number of carbonyl (C=O) groups is 1. The number of nitrogens with two attached hydrogens (primary N) is 1. The van der Waals surface area contributed by atoms with Gasteiger partial charge >= 0.3 is 0 Å². The summed E-state index contributed by atoms with van der Waals surface area (Å²) in [7, 11) is 0. The van der Waals surface area contributed by atoms with E-state index in [1.54, 1.807) is 26.0 Å². The standard InChI is InChI=1S/C17H14FN5OS/c1-9-3-4-13(6-14(9)18)22-16(24)10(2)25-17-12(8-20)5-11(7-19)15(21)23-17/h3-6,10H,1-2H3,(H2,21,23)(H,22,24). The van der Waals surface area contributed by atoms with Crippen LogP contribution in [0.5, 0.6) is 0 Å². The number of benzene rings is 1. The van der Waals surface area contributed by atoms with Gasteiger partial charge in [0, 0.05) is 5.69 Å². The molecule has 1 unspecified atom stereocenters.